The Morgan fingerprint density at radius 3 is 3.00 bits per heavy atom. The fraction of sp³-hybridized carbons (Fsp3) is 0.385. The van der Waals surface area contributed by atoms with E-state index in [-0.39, 0.29) is 11.6 Å². The molecule has 110 valence electrons. The van der Waals surface area contributed by atoms with Crippen LogP contribution in [0.4, 0.5) is 11.4 Å². The van der Waals surface area contributed by atoms with Crippen LogP contribution in [0.1, 0.15) is 5.56 Å². The number of carbonyl (C=O) groups excluding carboxylic acids is 1. The van der Waals surface area contributed by atoms with E-state index in [0.717, 1.165) is 0 Å². The normalized spacial score (nSPS) is 17.9. The predicted octanol–water partition coefficient (Wildman–Crippen LogP) is -0.00932. The summed E-state index contributed by atoms with van der Waals surface area (Å²) in [5.74, 6) is -0.223. The number of nitro groups is 1. The molecule has 1 heterocycles. The third kappa shape index (κ3) is 2.93. The number of piperazine rings is 1. The highest BCUT2D eigenvalue weighted by Gasteiger charge is 2.32. The molecule has 0 saturated carbocycles. The molecule has 0 bridgehead atoms. The van der Waals surface area contributed by atoms with Gasteiger partial charge in [0.25, 0.3) is 5.69 Å². The Labute approximate surface area is 121 Å². The van der Waals surface area contributed by atoms with Gasteiger partial charge in [0.1, 0.15) is 11.7 Å². The summed E-state index contributed by atoms with van der Waals surface area (Å²) in [5.41, 5.74) is 0.517. The molecular weight excluding hydrogens is 274 g/mol. The van der Waals surface area contributed by atoms with Gasteiger partial charge in [0, 0.05) is 32.7 Å². The highest BCUT2D eigenvalue weighted by Crippen LogP contribution is 2.31. The third-order valence-electron chi connectivity index (χ3n) is 3.40. The average molecular weight is 289 g/mol. The van der Waals surface area contributed by atoms with Crippen LogP contribution in [0.25, 0.3) is 0 Å². The number of nitro benzene ring substituents is 1. The zero-order chi connectivity index (χ0) is 15.4. The molecule has 0 aromatic heterocycles. The lowest BCUT2D eigenvalue weighted by atomic mass is 10.1. The second-order valence-corrected chi connectivity index (χ2v) is 4.60. The highest BCUT2D eigenvalue weighted by molar-refractivity contribution is 5.86. The predicted molar refractivity (Wildman–Crippen MR) is 75.9 cm³/mol. The molecule has 0 aliphatic carbocycles. The number of carbonyl (C=O) groups is 1. The number of hydrogen-bond donors (Lipinski definition) is 2. The van der Waals surface area contributed by atoms with Gasteiger partial charge in [-0.15, -0.1) is 0 Å². The SMILES string of the molecule is CNC(=O)C1CNCCN1c1cc(C#N)ccc1[N+](=O)[O-]. The molecule has 2 rings (SSSR count). The van der Waals surface area contributed by atoms with E-state index in [9.17, 15) is 14.9 Å². The smallest absolute Gasteiger partial charge is 0.292 e. The lowest BCUT2D eigenvalue weighted by Crippen LogP contribution is -2.57. The number of nitrogens with one attached hydrogen (secondary N) is 2. The average Bonchev–Trinajstić information content (AvgIpc) is 2.53. The number of hydrogen-bond acceptors (Lipinski definition) is 6. The standard InChI is InChI=1S/C13H15N5O3/c1-15-13(19)12-8-16-4-5-17(12)11-6-9(7-14)2-3-10(11)18(20)21/h2-3,6,12,16H,4-5,8H2,1H3,(H,15,19). The van der Waals surface area contributed by atoms with Crippen LogP contribution >= 0.6 is 0 Å². The Kier molecular flexibility index (Phi) is 4.35. The molecule has 1 aliphatic heterocycles. The first-order valence-corrected chi connectivity index (χ1v) is 6.46. The number of likely N-dealkylation sites (N-methyl/N-ethyl adjacent to an activating group) is 1. The summed E-state index contributed by atoms with van der Waals surface area (Å²) < 4.78 is 0. The quantitative estimate of drug-likeness (QED) is 0.598. The maximum atomic E-state index is 12.0. The topological polar surface area (TPSA) is 111 Å². The van der Waals surface area contributed by atoms with E-state index >= 15 is 0 Å². The van der Waals surface area contributed by atoms with E-state index in [1.807, 2.05) is 6.07 Å². The summed E-state index contributed by atoms with van der Waals surface area (Å²) in [7, 11) is 1.52. The first-order valence-electron chi connectivity index (χ1n) is 6.46. The van der Waals surface area contributed by atoms with E-state index in [1.165, 1.54) is 25.2 Å². The van der Waals surface area contributed by atoms with Gasteiger partial charge < -0.3 is 15.5 Å². The van der Waals surface area contributed by atoms with Crippen LogP contribution in [0.2, 0.25) is 0 Å². The van der Waals surface area contributed by atoms with Crippen molar-refractivity contribution in [2.75, 3.05) is 31.6 Å². The molecule has 1 saturated heterocycles. The van der Waals surface area contributed by atoms with Crippen LogP contribution in [0.15, 0.2) is 18.2 Å². The molecular formula is C13H15N5O3. The Balaban J connectivity index is 2.48. The molecule has 1 fully saturated rings. The molecule has 0 spiro atoms. The molecule has 1 atom stereocenters. The van der Waals surface area contributed by atoms with Gasteiger partial charge >= 0.3 is 0 Å². The van der Waals surface area contributed by atoms with E-state index in [2.05, 4.69) is 10.6 Å². The molecule has 2 N–H and O–H groups in total. The van der Waals surface area contributed by atoms with Gasteiger partial charge in [-0.2, -0.15) is 5.26 Å². The van der Waals surface area contributed by atoms with Crippen LogP contribution in [-0.2, 0) is 4.79 Å². The largest absolute Gasteiger partial charge is 0.357 e. The summed E-state index contributed by atoms with van der Waals surface area (Å²) in [6, 6.07) is 5.58. The van der Waals surface area contributed by atoms with Crippen LogP contribution < -0.4 is 15.5 Å². The first-order chi connectivity index (χ1) is 10.1. The minimum atomic E-state index is -0.545. The second-order valence-electron chi connectivity index (χ2n) is 4.60. The summed E-state index contributed by atoms with van der Waals surface area (Å²) in [6.07, 6.45) is 0. The van der Waals surface area contributed by atoms with E-state index < -0.39 is 11.0 Å². The highest BCUT2D eigenvalue weighted by atomic mass is 16.6. The van der Waals surface area contributed by atoms with Crippen molar-refractivity contribution in [1.82, 2.24) is 10.6 Å². The Morgan fingerprint density at radius 1 is 1.62 bits per heavy atom. The van der Waals surface area contributed by atoms with Crippen molar-refractivity contribution < 1.29 is 9.72 Å². The molecule has 1 unspecified atom stereocenters. The zero-order valence-corrected chi connectivity index (χ0v) is 11.5. The minimum absolute atomic E-state index is 0.107. The second kappa shape index (κ2) is 6.19. The molecule has 8 heteroatoms. The maximum Gasteiger partial charge on any atom is 0.292 e. The van der Waals surface area contributed by atoms with Crippen molar-refractivity contribution in [2.24, 2.45) is 0 Å². The minimum Gasteiger partial charge on any atom is -0.357 e. The Morgan fingerprint density at radius 2 is 2.38 bits per heavy atom. The van der Waals surface area contributed by atoms with Gasteiger partial charge in [-0.1, -0.05) is 0 Å². The van der Waals surface area contributed by atoms with E-state index in [4.69, 9.17) is 5.26 Å². The van der Waals surface area contributed by atoms with Crippen LogP contribution in [0, 0.1) is 21.4 Å². The van der Waals surface area contributed by atoms with Crippen LogP contribution in [0.3, 0.4) is 0 Å². The monoisotopic (exact) mass is 289 g/mol. The molecule has 21 heavy (non-hydrogen) atoms. The van der Waals surface area contributed by atoms with Crippen LogP contribution in [-0.4, -0.2) is 43.6 Å². The fourth-order valence-electron chi connectivity index (χ4n) is 2.37. The van der Waals surface area contributed by atoms with Crippen molar-refractivity contribution in [1.29, 1.82) is 5.26 Å². The zero-order valence-electron chi connectivity index (χ0n) is 11.5. The summed E-state index contributed by atoms with van der Waals surface area (Å²) in [6.45, 7) is 1.46. The van der Waals surface area contributed by atoms with Gasteiger partial charge in [0.05, 0.1) is 16.6 Å². The van der Waals surface area contributed by atoms with Crippen molar-refractivity contribution in [3.63, 3.8) is 0 Å². The van der Waals surface area contributed by atoms with Gasteiger partial charge in [-0.3, -0.25) is 14.9 Å². The number of amides is 1. The van der Waals surface area contributed by atoms with Gasteiger partial charge in [-0.05, 0) is 12.1 Å². The summed E-state index contributed by atoms with van der Waals surface area (Å²) in [4.78, 5) is 24.3. The molecule has 1 aromatic carbocycles. The molecule has 1 aromatic rings. The fourth-order valence-corrected chi connectivity index (χ4v) is 2.37. The lowest BCUT2D eigenvalue weighted by Gasteiger charge is -2.36. The maximum absolute atomic E-state index is 12.0. The van der Waals surface area contributed by atoms with Gasteiger partial charge in [-0.25, -0.2) is 0 Å². The number of anilines is 1. The van der Waals surface area contributed by atoms with Gasteiger partial charge in [0.15, 0.2) is 0 Å². The molecule has 8 nitrogen and oxygen atoms in total. The summed E-state index contributed by atoms with van der Waals surface area (Å²) in [5, 5.41) is 25.8. The first kappa shape index (κ1) is 14.7. The van der Waals surface area contributed by atoms with E-state index in [0.29, 0.717) is 30.9 Å². The van der Waals surface area contributed by atoms with Crippen molar-refractivity contribution in [3.05, 3.63) is 33.9 Å². The lowest BCUT2D eigenvalue weighted by molar-refractivity contribution is -0.384. The number of rotatable bonds is 3. The van der Waals surface area contributed by atoms with Crippen molar-refractivity contribution in [3.8, 4) is 6.07 Å². The number of nitrogens with zero attached hydrogens (tertiary/aromatic N) is 3. The number of nitriles is 1. The molecule has 1 amide bonds. The van der Waals surface area contributed by atoms with E-state index in [1.54, 1.807) is 4.90 Å². The van der Waals surface area contributed by atoms with Crippen LogP contribution in [0.5, 0.6) is 0 Å². The van der Waals surface area contributed by atoms with Crippen molar-refractivity contribution >= 4 is 17.3 Å². The Hall–Kier alpha value is -2.66. The van der Waals surface area contributed by atoms with Gasteiger partial charge in [0.2, 0.25) is 5.91 Å². The molecule has 0 radical (unpaired) electrons. The number of benzene rings is 1. The summed E-state index contributed by atoms with van der Waals surface area (Å²) >= 11 is 0. The molecule has 1 aliphatic rings. The van der Waals surface area contributed by atoms with Crippen molar-refractivity contribution in [2.45, 2.75) is 6.04 Å². The third-order valence-corrected chi connectivity index (χ3v) is 3.40. The Bertz CT molecular complexity index is 610.